The first-order chi connectivity index (χ1) is 25.8. The van der Waals surface area contributed by atoms with Crippen molar-refractivity contribution in [3.05, 3.63) is 182 Å². The number of furan rings is 1. The number of rotatable bonds is 6. The van der Waals surface area contributed by atoms with Crippen molar-refractivity contribution in [3.63, 3.8) is 0 Å². The van der Waals surface area contributed by atoms with Crippen LogP contribution >= 0.6 is 0 Å². The minimum Gasteiger partial charge on any atom is -0.456 e. The van der Waals surface area contributed by atoms with Gasteiger partial charge >= 0.3 is 0 Å². The maximum absolute atomic E-state index is 6.68. The molecule has 0 atom stereocenters. The van der Waals surface area contributed by atoms with Crippen LogP contribution in [-0.2, 0) is 0 Å². The van der Waals surface area contributed by atoms with E-state index in [1.807, 2.05) is 66.7 Å². The standard InChI is InChI=1S/C47H30N4O/c1-3-15-33(16-4-1)45-48-46(34-17-5-2-6-18-34)50-47(49-45)35-25-27-39-40-28-26-36(30-44(40)52-43(39)29-35)51(41-23-11-19-31-13-7-9-21-37(31)41)42-24-12-20-32-14-8-10-22-38(32)42/h1-30H. The zero-order valence-corrected chi connectivity index (χ0v) is 28.0. The normalized spacial score (nSPS) is 11.5. The maximum Gasteiger partial charge on any atom is 0.164 e. The lowest BCUT2D eigenvalue weighted by Crippen LogP contribution is -2.11. The van der Waals surface area contributed by atoms with E-state index in [0.717, 1.165) is 55.7 Å². The van der Waals surface area contributed by atoms with Gasteiger partial charge in [-0.1, -0.05) is 140 Å². The summed E-state index contributed by atoms with van der Waals surface area (Å²) in [7, 11) is 0. The largest absolute Gasteiger partial charge is 0.456 e. The molecule has 0 N–H and O–H groups in total. The molecule has 2 aromatic heterocycles. The summed E-state index contributed by atoms with van der Waals surface area (Å²) in [6.07, 6.45) is 0. The van der Waals surface area contributed by atoms with Crippen LogP contribution in [0.15, 0.2) is 186 Å². The van der Waals surface area contributed by atoms with Gasteiger partial charge < -0.3 is 9.32 Å². The highest BCUT2D eigenvalue weighted by molar-refractivity contribution is 6.09. The monoisotopic (exact) mass is 666 g/mol. The topological polar surface area (TPSA) is 55.1 Å². The van der Waals surface area contributed by atoms with Gasteiger partial charge in [0.1, 0.15) is 11.2 Å². The summed E-state index contributed by atoms with van der Waals surface area (Å²) in [6.45, 7) is 0. The highest BCUT2D eigenvalue weighted by Gasteiger charge is 2.20. The molecular formula is C47H30N4O. The molecular weight excluding hydrogens is 637 g/mol. The highest BCUT2D eigenvalue weighted by Crippen LogP contribution is 2.44. The maximum atomic E-state index is 6.68. The SMILES string of the molecule is c1ccc(-c2nc(-c3ccccc3)nc(-c3ccc4c(c3)oc3cc(N(c5cccc6ccccc56)c5cccc6ccccc56)ccc34)n2)cc1. The quantitative estimate of drug-likeness (QED) is 0.177. The molecule has 2 heterocycles. The lowest BCUT2D eigenvalue weighted by atomic mass is 10.0. The Labute approximate surface area is 300 Å². The van der Waals surface area contributed by atoms with Crippen LogP contribution in [0.2, 0.25) is 0 Å². The molecule has 0 spiro atoms. The van der Waals surface area contributed by atoms with Crippen molar-refractivity contribution < 1.29 is 4.42 Å². The van der Waals surface area contributed by atoms with Gasteiger partial charge in [-0.05, 0) is 47.2 Å². The summed E-state index contributed by atoms with van der Waals surface area (Å²) < 4.78 is 6.68. The Bertz CT molecular complexity index is 2770. The predicted octanol–water partition coefficient (Wildman–Crippen LogP) is 12.5. The third kappa shape index (κ3) is 5.15. The van der Waals surface area contributed by atoms with E-state index in [-0.39, 0.29) is 0 Å². The van der Waals surface area contributed by atoms with E-state index >= 15 is 0 Å². The van der Waals surface area contributed by atoms with E-state index in [0.29, 0.717) is 17.5 Å². The highest BCUT2D eigenvalue weighted by atomic mass is 16.3. The second-order valence-corrected chi connectivity index (χ2v) is 12.9. The van der Waals surface area contributed by atoms with Crippen molar-refractivity contribution in [1.29, 1.82) is 0 Å². The van der Waals surface area contributed by atoms with Crippen molar-refractivity contribution in [2.45, 2.75) is 0 Å². The number of fused-ring (bicyclic) bond motifs is 5. The molecule has 5 nitrogen and oxygen atoms in total. The van der Waals surface area contributed by atoms with Gasteiger partial charge in [-0.3, -0.25) is 0 Å². The molecule has 0 bridgehead atoms. The van der Waals surface area contributed by atoms with Gasteiger partial charge in [0.25, 0.3) is 0 Å². The molecule has 8 aromatic carbocycles. The molecule has 0 unspecified atom stereocenters. The summed E-state index contributed by atoms with van der Waals surface area (Å²) >= 11 is 0. The minimum absolute atomic E-state index is 0.592. The van der Waals surface area contributed by atoms with Crippen molar-refractivity contribution in [1.82, 2.24) is 15.0 Å². The molecule has 244 valence electrons. The fourth-order valence-electron chi connectivity index (χ4n) is 7.20. The van der Waals surface area contributed by atoms with E-state index in [9.17, 15) is 0 Å². The van der Waals surface area contributed by atoms with E-state index in [1.54, 1.807) is 0 Å². The zero-order chi connectivity index (χ0) is 34.4. The molecule has 5 heteroatoms. The average molecular weight is 667 g/mol. The number of nitrogens with zero attached hydrogens (tertiary/aromatic N) is 4. The van der Waals surface area contributed by atoms with E-state index < -0.39 is 0 Å². The van der Waals surface area contributed by atoms with Crippen molar-refractivity contribution in [3.8, 4) is 34.2 Å². The van der Waals surface area contributed by atoms with Crippen molar-refractivity contribution >= 4 is 60.5 Å². The number of hydrogen-bond donors (Lipinski definition) is 0. The van der Waals surface area contributed by atoms with Gasteiger partial charge in [0.15, 0.2) is 17.5 Å². The smallest absolute Gasteiger partial charge is 0.164 e. The molecule has 0 aliphatic heterocycles. The molecule has 0 saturated heterocycles. The molecule has 0 saturated carbocycles. The first-order valence-electron chi connectivity index (χ1n) is 17.4. The average Bonchev–Trinajstić information content (AvgIpc) is 3.59. The van der Waals surface area contributed by atoms with Crippen LogP contribution in [0.4, 0.5) is 17.1 Å². The molecule has 0 aliphatic carbocycles. The Hall–Kier alpha value is -7.11. The third-order valence-corrected chi connectivity index (χ3v) is 9.69. The lowest BCUT2D eigenvalue weighted by molar-refractivity contribution is 0.669. The fraction of sp³-hybridized carbons (Fsp3) is 0. The Kier molecular flexibility index (Phi) is 7.07. The summed E-state index contributed by atoms with van der Waals surface area (Å²) in [5, 5.41) is 6.81. The molecule has 10 rings (SSSR count). The molecule has 0 aliphatic rings. The summed E-state index contributed by atoms with van der Waals surface area (Å²) in [5.41, 5.74) is 7.52. The molecule has 0 radical (unpaired) electrons. The Morgan fingerprint density at radius 2 is 0.808 bits per heavy atom. The molecule has 0 amide bonds. The fourth-order valence-corrected chi connectivity index (χ4v) is 7.20. The summed E-state index contributed by atoms with van der Waals surface area (Å²) in [5.74, 6) is 1.84. The van der Waals surface area contributed by atoms with Gasteiger partial charge in [-0.15, -0.1) is 0 Å². The molecule has 0 fully saturated rings. The van der Waals surface area contributed by atoms with Gasteiger partial charge in [-0.2, -0.15) is 0 Å². The molecule has 52 heavy (non-hydrogen) atoms. The second kappa shape index (κ2) is 12.3. The third-order valence-electron chi connectivity index (χ3n) is 9.69. The van der Waals surface area contributed by atoms with Crippen LogP contribution in [-0.4, -0.2) is 15.0 Å². The number of anilines is 3. The summed E-state index contributed by atoms with van der Waals surface area (Å²) in [4.78, 5) is 17.1. The van der Waals surface area contributed by atoms with Crippen LogP contribution in [0.3, 0.4) is 0 Å². The Balaban J connectivity index is 1.13. The minimum atomic E-state index is 0.592. The molecule has 10 aromatic rings. The van der Waals surface area contributed by atoms with Crippen LogP contribution in [0.25, 0.3) is 77.6 Å². The predicted molar refractivity (Wildman–Crippen MR) is 213 cm³/mol. The number of hydrogen-bond acceptors (Lipinski definition) is 5. The van der Waals surface area contributed by atoms with Gasteiger partial charge in [0.2, 0.25) is 0 Å². The number of aromatic nitrogens is 3. The number of benzene rings is 8. The zero-order valence-electron chi connectivity index (χ0n) is 28.0. The second-order valence-electron chi connectivity index (χ2n) is 12.9. The first kappa shape index (κ1) is 29.8. The van der Waals surface area contributed by atoms with E-state index in [4.69, 9.17) is 19.4 Å². The van der Waals surface area contributed by atoms with Gasteiger partial charge in [0, 0.05) is 50.0 Å². The van der Waals surface area contributed by atoms with Crippen molar-refractivity contribution in [2.75, 3.05) is 4.90 Å². The first-order valence-corrected chi connectivity index (χ1v) is 17.4. The van der Waals surface area contributed by atoms with E-state index in [2.05, 4.69) is 120 Å². The van der Waals surface area contributed by atoms with Gasteiger partial charge in [-0.25, -0.2) is 15.0 Å². The summed E-state index contributed by atoms with van der Waals surface area (Å²) in [6, 6.07) is 62.9. The Morgan fingerprint density at radius 3 is 1.38 bits per heavy atom. The van der Waals surface area contributed by atoms with E-state index in [1.165, 1.54) is 21.5 Å². The lowest BCUT2D eigenvalue weighted by Gasteiger charge is -2.28. The van der Waals surface area contributed by atoms with Crippen LogP contribution < -0.4 is 4.90 Å². The van der Waals surface area contributed by atoms with Crippen LogP contribution in [0.1, 0.15) is 0 Å². The van der Waals surface area contributed by atoms with Crippen LogP contribution in [0, 0.1) is 0 Å². The van der Waals surface area contributed by atoms with Crippen LogP contribution in [0.5, 0.6) is 0 Å². The van der Waals surface area contributed by atoms with Gasteiger partial charge in [0.05, 0.1) is 11.4 Å². The van der Waals surface area contributed by atoms with Crippen molar-refractivity contribution in [2.24, 2.45) is 0 Å². The Morgan fingerprint density at radius 1 is 0.346 bits per heavy atom.